The number of carbonyl (C=O) groups excluding carboxylic acids is 3. The lowest BCUT2D eigenvalue weighted by Gasteiger charge is -2.15. The first-order valence-corrected chi connectivity index (χ1v) is 9.37. The summed E-state index contributed by atoms with van der Waals surface area (Å²) in [6.07, 6.45) is 2.34. The molecule has 1 unspecified atom stereocenters. The first kappa shape index (κ1) is 17.2. The van der Waals surface area contributed by atoms with Gasteiger partial charge in [0.05, 0.1) is 0 Å². The van der Waals surface area contributed by atoms with E-state index in [9.17, 15) is 14.4 Å². The molecule has 118 valence electrons. The number of thiol groups is 1. The number of pyridine rings is 1. The summed E-state index contributed by atoms with van der Waals surface area (Å²) in [5.74, 6) is -1.000. The number of imide groups is 1. The van der Waals surface area contributed by atoms with E-state index < -0.39 is 23.0 Å². The smallest absolute Gasteiger partial charge is 0.329 e. The molecule has 0 aromatic carbocycles. The van der Waals surface area contributed by atoms with Crippen molar-refractivity contribution in [2.24, 2.45) is 0 Å². The van der Waals surface area contributed by atoms with Gasteiger partial charge in [0, 0.05) is 24.8 Å². The van der Waals surface area contributed by atoms with Crippen LogP contribution in [0.4, 0.5) is 0 Å². The molecular weight excluding hydrogens is 344 g/mol. The minimum absolute atomic E-state index is 0.0833. The predicted molar refractivity (Wildman–Crippen MR) is 87.1 cm³/mol. The van der Waals surface area contributed by atoms with E-state index in [0.29, 0.717) is 17.2 Å². The molecule has 1 aromatic rings. The highest BCUT2D eigenvalue weighted by atomic mass is 33.1. The highest BCUT2D eigenvalue weighted by Gasteiger charge is 2.34. The Kier molecular flexibility index (Phi) is 6.59. The zero-order valence-electron chi connectivity index (χ0n) is 11.5. The summed E-state index contributed by atoms with van der Waals surface area (Å²) >= 11 is 4.16. The molecule has 22 heavy (non-hydrogen) atoms. The molecule has 1 aliphatic heterocycles. The van der Waals surface area contributed by atoms with E-state index in [1.165, 1.54) is 10.8 Å². The average molecular weight is 358 g/mol. The van der Waals surface area contributed by atoms with E-state index in [1.54, 1.807) is 17.0 Å². The highest BCUT2D eigenvalue weighted by Crippen LogP contribution is 2.30. The number of rotatable bonds is 7. The number of carbonyl (C=O) groups is 3. The number of aromatic nitrogens is 1. The molecule has 1 aliphatic rings. The molecule has 0 radical (unpaired) electrons. The SMILES string of the molecule is O=C(ON1C(=O)CCC1=O)C(S)CCSSc1ccccn1. The van der Waals surface area contributed by atoms with Gasteiger partial charge in [-0.2, -0.15) is 12.6 Å². The molecule has 1 saturated heterocycles. The first-order chi connectivity index (χ1) is 10.6. The van der Waals surface area contributed by atoms with Crippen LogP contribution in [0.15, 0.2) is 29.4 Å². The third kappa shape index (κ3) is 4.92. The second-order valence-corrected chi connectivity index (χ2v) is 7.43. The summed E-state index contributed by atoms with van der Waals surface area (Å²) in [6.45, 7) is 0. The van der Waals surface area contributed by atoms with Gasteiger partial charge in [-0.25, -0.2) is 9.78 Å². The maximum atomic E-state index is 11.8. The molecule has 6 nitrogen and oxygen atoms in total. The van der Waals surface area contributed by atoms with Crippen molar-refractivity contribution < 1.29 is 19.2 Å². The van der Waals surface area contributed by atoms with Crippen LogP contribution in [0.3, 0.4) is 0 Å². The first-order valence-electron chi connectivity index (χ1n) is 6.54. The molecule has 1 atom stereocenters. The lowest BCUT2D eigenvalue weighted by molar-refractivity contribution is -0.197. The number of amides is 2. The second kappa shape index (κ2) is 8.44. The molecule has 0 aliphatic carbocycles. The maximum absolute atomic E-state index is 11.8. The standard InChI is InChI=1S/C13H14N2O4S3/c16-11-4-5-12(17)15(11)19-13(18)9(20)6-8-21-22-10-3-1-2-7-14-10/h1-3,7,9,20H,4-6,8H2. The lowest BCUT2D eigenvalue weighted by atomic mass is 10.3. The molecule has 9 heteroatoms. The normalized spacial score (nSPS) is 16.0. The van der Waals surface area contributed by atoms with Crippen LogP contribution in [0, 0.1) is 0 Å². The van der Waals surface area contributed by atoms with E-state index in [4.69, 9.17) is 4.84 Å². The largest absolute Gasteiger partial charge is 0.345 e. The number of nitrogens with zero attached hydrogens (tertiary/aromatic N) is 2. The van der Waals surface area contributed by atoms with E-state index in [-0.39, 0.29) is 12.8 Å². The van der Waals surface area contributed by atoms with Gasteiger partial charge in [0.2, 0.25) is 0 Å². The van der Waals surface area contributed by atoms with E-state index >= 15 is 0 Å². The van der Waals surface area contributed by atoms with Crippen LogP contribution in [-0.2, 0) is 19.2 Å². The lowest BCUT2D eigenvalue weighted by Crippen LogP contribution is -2.35. The van der Waals surface area contributed by atoms with Crippen molar-refractivity contribution in [3.8, 4) is 0 Å². The third-order valence-corrected chi connectivity index (χ3v) is 5.48. The van der Waals surface area contributed by atoms with Crippen LogP contribution in [0.5, 0.6) is 0 Å². The topological polar surface area (TPSA) is 76.6 Å². The molecular formula is C13H14N2O4S3. The summed E-state index contributed by atoms with van der Waals surface area (Å²) < 4.78 is 0. The molecule has 0 bridgehead atoms. The van der Waals surface area contributed by atoms with Crippen LogP contribution >= 0.6 is 34.2 Å². The van der Waals surface area contributed by atoms with Gasteiger partial charge >= 0.3 is 5.97 Å². The summed E-state index contributed by atoms with van der Waals surface area (Å²) in [7, 11) is 3.05. The van der Waals surface area contributed by atoms with E-state index in [1.807, 2.05) is 18.2 Å². The maximum Gasteiger partial charge on any atom is 0.345 e. The van der Waals surface area contributed by atoms with Crippen LogP contribution in [0.1, 0.15) is 19.3 Å². The minimum atomic E-state index is -0.685. The summed E-state index contributed by atoms with van der Waals surface area (Å²) in [6, 6.07) is 5.64. The van der Waals surface area contributed by atoms with Crippen LogP contribution in [0.25, 0.3) is 0 Å². The third-order valence-electron chi connectivity index (χ3n) is 2.72. The van der Waals surface area contributed by atoms with Crippen molar-refractivity contribution in [1.29, 1.82) is 0 Å². The second-order valence-electron chi connectivity index (χ2n) is 4.37. The molecule has 0 saturated carbocycles. The molecule has 1 fully saturated rings. The molecule has 1 aromatic heterocycles. The van der Waals surface area contributed by atoms with Gasteiger partial charge in [0.1, 0.15) is 10.3 Å². The van der Waals surface area contributed by atoms with E-state index in [2.05, 4.69) is 17.6 Å². The predicted octanol–water partition coefficient (Wildman–Crippen LogP) is 2.12. The molecule has 0 spiro atoms. The zero-order valence-corrected chi connectivity index (χ0v) is 14.0. The van der Waals surface area contributed by atoms with Crippen molar-refractivity contribution >= 4 is 52.0 Å². The van der Waals surface area contributed by atoms with Crippen molar-refractivity contribution in [3.05, 3.63) is 24.4 Å². The Balaban J connectivity index is 1.68. The van der Waals surface area contributed by atoms with Gasteiger partial charge in [-0.05, 0) is 29.3 Å². The molecule has 2 rings (SSSR count). The summed E-state index contributed by atoms with van der Waals surface area (Å²) in [4.78, 5) is 43.4. The fourth-order valence-corrected chi connectivity index (χ4v) is 3.91. The van der Waals surface area contributed by atoms with Crippen molar-refractivity contribution in [3.63, 3.8) is 0 Å². The van der Waals surface area contributed by atoms with Gasteiger partial charge in [-0.15, -0.1) is 5.06 Å². The Morgan fingerprint density at radius 3 is 2.73 bits per heavy atom. The molecule has 2 heterocycles. The van der Waals surface area contributed by atoms with Gasteiger partial charge < -0.3 is 4.84 Å². The molecule has 2 amide bonds. The zero-order chi connectivity index (χ0) is 15.9. The fraction of sp³-hybridized carbons (Fsp3) is 0.385. The van der Waals surface area contributed by atoms with Crippen LogP contribution in [-0.4, -0.2) is 38.8 Å². The Bertz CT molecular complexity index is 539. The Morgan fingerprint density at radius 1 is 1.36 bits per heavy atom. The van der Waals surface area contributed by atoms with Gasteiger partial charge in [0.15, 0.2) is 0 Å². The Labute approximate surface area is 141 Å². The number of hydroxylamine groups is 2. The fourth-order valence-electron chi connectivity index (χ4n) is 1.58. The van der Waals surface area contributed by atoms with Gasteiger partial charge in [0.25, 0.3) is 11.8 Å². The Hall–Kier alpha value is -1.19. The average Bonchev–Trinajstić information content (AvgIpc) is 2.84. The van der Waals surface area contributed by atoms with Gasteiger partial charge in [-0.3, -0.25) is 9.59 Å². The van der Waals surface area contributed by atoms with Crippen LogP contribution in [0.2, 0.25) is 0 Å². The van der Waals surface area contributed by atoms with Crippen molar-refractivity contribution in [2.75, 3.05) is 5.75 Å². The number of hydrogen-bond donors (Lipinski definition) is 1. The quantitative estimate of drug-likeness (QED) is 0.346. The van der Waals surface area contributed by atoms with Gasteiger partial charge in [-0.1, -0.05) is 16.9 Å². The highest BCUT2D eigenvalue weighted by molar-refractivity contribution is 8.76. The molecule has 0 N–H and O–H groups in total. The van der Waals surface area contributed by atoms with Crippen LogP contribution < -0.4 is 0 Å². The minimum Gasteiger partial charge on any atom is -0.329 e. The monoisotopic (exact) mass is 358 g/mol. The summed E-state index contributed by atoms with van der Waals surface area (Å²) in [5, 5.41) is 0.749. The summed E-state index contributed by atoms with van der Waals surface area (Å²) in [5.41, 5.74) is 0. The number of hydrogen-bond acceptors (Lipinski definition) is 8. The van der Waals surface area contributed by atoms with Crippen molar-refractivity contribution in [2.45, 2.75) is 29.5 Å². The Morgan fingerprint density at radius 2 is 2.09 bits per heavy atom. The van der Waals surface area contributed by atoms with Crippen molar-refractivity contribution in [1.82, 2.24) is 10.0 Å². The van der Waals surface area contributed by atoms with E-state index in [0.717, 1.165) is 5.03 Å².